The predicted octanol–water partition coefficient (Wildman–Crippen LogP) is 2.38. The largest absolute Gasteiger partial charge is 0.494 e. The first kappa shape index (κ1) is 13.6. The zero-order chi connectivity index (χ0) is 14.7. The molecule has 6 nitrogen and oxygen atoms in total. The van der Waals surface area contributed by atoms with Crippen molar-refractivity contribution in [2.75, 3.05) is 12.4 Å². The minimum atomic E-state index is -1.20. The summed E-state index contributed by atoms with van der Waals surface area (Å²) in [6.07, 6.45) is 0.961. The Morgan fingerprint density at radius 3 is 2.70 bits per heavy atom. The maximum absolute atomic E-state index is 13.2. The number of ether oxygens (including phenoxy) is 1. The summed E-state index contributed by atoms with van der Waals surface area (Å²) in [6.45, 7) is 0. The lowest BCUT2D eigenvalue weighted by Crippen LogP contribution is -2.11. The summed E-state index contributed by atoms with van der Waals surface area (Å²) in [5, 5.41) is 11.2. The van der Waals surface area contributed by atoms with Crippen molar-refractivity contribution in [3.63, 3.8) is 0 Å². The number of carboxylic acids is 1. The number of rotatable bonds is 4. The van der Waals surface area contributed by atoms with Gasteiger partial charge in [0.05, 0.1) is 12.7 Å². The van der Waals surface area contributed by atoms with Gasteiger partial charge in [-0.05, 0) is 12.1 Å². The zero-order valence-corrected chi connectivity index (χ0v) is 10.3. The highest BCUT2D eigenvalue weighted by atomic mass is 19.1. The Hall–Kier alpha value is -2.83. The minimum absolute atomic E-state index is 0.0199. The van der Waals surface area contributed by atoms with Gasteiger partial charge >= 0.3 is 5.97 Å². The molecule has 7 heteroatoms. The van der Waals surface area contributed by atoms with Crippen LogP contribution in [0.2, 0.25) is 0 Å². The zero-order valence-electron chi connectivity index (χ0n) is 10.3. The molecule has 1 heterocycles. The van der Waals surface area contributed by atoms with Gasteiger partial charge in [-0.3, -0.25) is 4.79 Å². The Morgan fingerprint density at radius 1 is 1.35 bits per heavy atom. The molecule has 2 rings (SSSR count). The molecule has 0 unspecified atom stereocenters. The third-order valence-electron chi connectivity index (χ3n) is 2.48. The van der Waals surface area contributed by atoms with Gasteiger partial charge in [0.2, 0.25) is 0 Å². The maximum atomic E-state index is 13.2. The Morgan fingerprint density at radius 2 is 2.10 bits per heavy atom. The first-order valence-corrected chi connectivity index (χ1v) is 5.48. The van der Waals surface area contributed by atoms with Gasteiger partial charge in [0.15, 0.2) is 17.3 Å². The normalized spacial score (nSPS) is 10.1. The average Bonchev–Trinajstić information content (AvgIpc) is 2.91. The Kier molecular flexibility index (Phi) is 3.69. The van der Waals surface area contributed by atoms with Crippen LogP contribution >= 0.6 is 0 Å². The van der Waals surface area contributed by atoms with Crippen molar-refractivity contribution in [1.29, 1.82) is 0 Å². The lowest BCUT2D eigenvalue weighted by molar-refractivity contribution is 0.0696. The number of aromatic carboxylic acids is 1. The van der Waals surface area contributed by atoms with E-state index in [-0.39, 0.29) is 17.1 Å². The number of amides is 1. The number of benzene rings is 1. The molecule has 1 amide bonds. The van der Waals surface area contributed by atoms with Gasteiger partial charge in [-0.15, -0.1) is 0 Å². The number of carbonyl (C=O) groups is 2. The quantitative estimate of drug-likeness (QED) is 0.896. The fraction of sp³-hybridized carbons (Fsp3) is 0.0769. The maximum Gasteiger partial charge on any atom is 0.338 e. The highest BCUT2D eigenvalue weighted by molar-refractivity contribution is 6.03. The number of halogens is 1. The summed E-state index contributed by atoms with van der Waals surface area (Å²) >= 11 is 0. The van der Waals surface area contributed by atoms with Crippen molar-refractivity contribution in [2.24, 2.45) is 0 Å². The van der Waals surface area contributed by atoms with Crippen LogP contribution in [-0.4, -0.2) is 24.1 Å². The fourth-order valence-electron chi connectivity index (χ4n) is 1.50. The SMILES string of the molecule is COc1cc(NC(=O)c2cc(C(=O)O)co2)ccc1F. The van der Waals surface area contributed by atoms with Crippen LogP contribution in [0.4, 0.5) is 10.1 Å². The number of hydrogen-bond donors (Lipinski definition) is 2. The molecular formula is C13H10FNO5. The van der Waals surface area contributed by atoms with E-state index in [1.165, 1.54) is 19.2 Å². The lowest BCUT2D eigenvalue weighted by atomic mass is 10.2. The van der Waals surface area contributed by atoms with Crippen molar-refractivity contribution in [1.82, 2.24) is 0 Å². The highest BCUT2D eigenvalue weighted by Gasteiger charge is 2.15. The number of carbonyl (C=O) groups excluding carboxylic acids is 1. The number of anilines is 1. The third kappa shape index (κ3) is 2.77. The molecule has 0 aliphatic rings. The molecule has 0 aliphatic carbocycles. The molecule has 0 radical (unpaired) electrons. The van der Waals surface area contributed by atoms with E-state index in [2.05, 4.69) is 5.32 Å². The van der Waals surface area contributed by atoms with E-state index < -0.39 is 17.7 Å². The summed E-state index contributed by atoms with van der Waals surface area (Å²) in [7, 11) is 1.30. The fourth-order valence-corrected chi connectivity index (χ4v) is 1.50. The molecule has 2 aromatic rings. The molecule has 104 valence electrons. The number of carboxylic acid groups (broad SMARTS) is 1. The third-order valence-corrected chi connectivity index (χ3v) is 2.48. The van der Waals surface area contributed by atoms with Crippen LogP contribution in [0.1, 0.15) is 20.9 Å². The van der Waals surface area contributed by atoms with Crippen LogP contribution in [0.3, 0.4) is 0 Å². The number of methoxy groups -OCH3 is 1. The van der Waals surface area contributed by atoms with Crippen molar-refractivity contribution >= 4 is 17.6 Å². The molecule has 2 N–H and O–H groups in total. The molecule has 0 saturated heterocycles. The monoisotopic (exact) mass is 279 g/mol. The summed E-state index contributed by atoms with van der Waals surface area (Å²) in [4.78, 5) is 22.5. The second kappa shape index (κ2) is 5.43. The molecule has 0 aliphatic heterocycles. The van der Waals surface area contributed by atoms with Crippen LogP contribution in [0.5, 0.6) is 5.75 Å². The highest BCUT2D eigenvalue weighted by Crippen LogP contribution is 2.22. The molecule has 20 heavy (non-hydrogen) atoms. The number of hydrogen-bond acceptors (Lipinski definition) is 4. The predicted molar refractivity (Wildman–Crippen MR) is 66.6 cm³/mol. The summed E-state index contributed by atoms with van der Waals surface area (Å²) in [5.74, 6) is -2.58. The van der Waals surface area contributed by atoms with E-state index in [0.717, 1.165) is 18.4 Å². The van der Waals surface area contributed by atoms with E-state index in [0.29, 0.717) is 5.69 Å². The smallest absolute Gasteiger partial charge is 0.338 e. The molecule has 0 saturated carbocycles. The molecule has 0 fully saturated rings. The van der Waals surface area contributed by atoms with E-state index in [1.54, 1.807) is 0 Å². The summed E-state index contributed by atoms with van der Waals surface area (Å²) < 4.78 is 22.8. The van der Waals surface area contributed by atoms with Gasteiger partial charge in [-0.25, -0.2) is 9.18 Å². The second-order valence-corrected chi connectivity index (χ2v) is 3.81. The Balaban J connectivity index is 2.16. The van der Waals surface area contributed by atoms with Crippen LogP contribution < -0.4 is 10.1 Å². The molecule has 1 aromatic carbocycles. The van der Waals surface area contributed by atoms with Crippen LogP contribution in [0.25, 0.3) is 0 Å². The average molecular weight is 279 g/mol. The minimum Gasteiger partial charge on any atom is -0.494 e. The molecular weight excluding hydrogens is 269 g/mol. The van der Waals surface area contributed by atoms with Crippen molar-refractivity contribution in [2.45, 2.75) is 0 Å². The van der Waals surface area contributed by atoms with Crippen molar-refractivity contribution in [3.8, 4) is 5.75 Å². The van der Waals surface area contributed by atoms with Crippen LogP contribution in [-0.2, 0) is 0 Å². The molecule has 0 bridgehead atoms. The van der Waals surface area contributed by atoms with E-state index in [1.807, 2.05) is 0 Å². The van der Waals surface area contributed by atoms with E-state index >= 15 is 0 Å². The first-order chi connectivity index (χ1) is 9.51. The second-order valence-electron chi connectivity index (χ2n) is 3.81. The number of nitrogens with one attached hydrogen (secondary N) is 1. The first-order valence-electron chi connectivity index (χ1n) is 5.48. The molecule has 0 atom stereocenters. The van der Waals surface area contributed by atoms with Gasteiger partial charge in [0.25, 0.3) is 5.91 Å². The molecule has 1 aromatic heterocycles. The van der Waals surface area contributed by atoms with Crippen molar-refractivity contribution < 1.29 is 28.2 Å². The van der Waals surface area contributed by atoms with Gasteiger partial charge in [-0.1, -0.05) is 0 Å². The lowest BCUT2D eigenvalue weighted by Gasteiger charge is -2.06. The van der Waals surface area contributed by atoms with Crippen LogP contribution in [0.15, 0.2) is 34.9 Å². The van der Waals surface area contributed by atoms with Gasteiger partial charge in [-0.2, -0.15) is 0 Å². The number of furan rings is 1. The Bertz CT molecular complexity index is 665. The van der Waals surface area contributed by atoms with E-state index in [9.17, 15) is 14.0 Å². The Labute approximate surface area is 112 Å². The standard InChI is InChI=1S/C13H10FNO5/c1-19-10-5-8(2-3-9(10)14)15-12(16)11-4-7(6-20-11)13(17)18/h2-6H,1H3,(H,15,16)(H,17,18). The van der Waals surface area contributed by atoms with Gasteiger partial charge in [0, 0.05) is 17.8 Å². The summed E-state index contributed by atoms with van der Waals surface area (Å²) in [5.41, 5.74) is 0.161. The van der Waals surface area contributed by atoms with Crippen molar-refractivity contribution in [3.05, 3.63) is 47.7 Å². The van der Waals surface area contributed by atoms with Crippen LogP contribution in [0, 0.1) is 5.82 Å². The van der Waals surface area contributed by atoms with Gasteiger partial charge < -0.3 is 19.6 Å². The molecule has 0 spiro atoms. The van der Waals surface area contributed by atoms with Gasteiger partial charge in [0.1, 0.15) is 6.26 Å². The topological polar surface area (TPSA) is 88.8 Å². The van der Waals surface area contributed by atoms with E-state index in [4.69, 9.17) is 14.3 Å². The summed E-state index contributed by atoms with van der Waals surface area (Å²) in [6, 6.07) is 4.88.